The van der Waals surface area contributed by atoms with Crippen LogP contribution in [-0.4, -0.2) is 24.2 Å². The summed E-state index contributed by atoms with van der Waals surface area (Å²) in [6.45, 7) is 4.19. The van der Waals surface area contributed by atoms with Crippen molar-refractivity contribution in [1.29, 1.82) is 0 Å². The Hall–Kier alpha value is -2.49. The lowest BCUT2D eigenvalue weighted by Gasteiger charge is -2.10. The topological polar surface area (TPSA) is 47.1 Å². The molecule has 108 valence electrons. The van der Waals surface area contributed by atoms with Crippen molar-refractivity contribution in [3.63, 3.8) is 0 Å². The van der Waals surface area contributed by atoms with Crippen LogP contribution in [0.25, 0.3) is 22.4 Å². The first kappa shape index (κ1) is 13.5. The molecule has 0 atom stereocenters. The van der Waals surface area contributed by atoms with Gasteiger partial charge in [-0.25, -0.2) is 4.98 Å². The maximum atomic E-state index is 5.48. The summed E-state index contributed by atoms with van der Waals surface area (Å²) in [5.41, 5.74) is 5.35. The van der Waals surface area contributed by atoms with Crippen molar-refractivity contribution in [3.8, 4) is 22.9 Å². The average Bonchev–Trinajstić information content (AvgIpc) is 2.89. The number of aryl methyl sites for hydroxylation is 2. The molecular weight excluding hydrogens is 264 g/mol. The summed E-state index contributed by atoms with van der Waals surface area (Å²) in [6.07, 6.45) is 0. The number of nitrogens with one attached hydrogen (secondary N) is 1. The number of H-pyrrole nitrogens is 1. The van der Waals surface area contributed by atoms with Gasteiger partial charge in [0.2, 0.25) is 0 Å². The molecule has 0 bridgehead atoms. The molecule has 1 aromatic heterocycles. The van der Waals surface area contributed by atoms with Crippen molar-refractivity contribution < 1.29 is 9.47 Å². The third-order valence-corrected chi connectivity index (χ3v) is 3.76. The molecule has 21 heavy (non-hydrogen) atoms. The number of ether oxygens (including phenoxy) is 2. The molecule has 0 fully saturated rings. The first-order valence-electron chi connectivity index (χ1n) is 6.82. The molecule has 4 nitrogen and oxygen atoms in total. The number of hydrogen-bond donors (Lipinski definition) is 1. The van der Waals surface area contributed by atoms with Gasteiger partial charge in [-0.15, -0.1) is 0 Å². The third kappa shape index (κ3) is 2.23. The summed E-state index contributed by atoms with van der Waals surface area (Å²) < 4.78 is 10.8. The van der Waals surface area contributed by atoms with Crippen molar-refractivity contribution in [2.75, 3.05) is 14.2 Å². The first-order valence-corrected chi connectivity index (χ1v) is 6.82. The predicted molar refractivity (Wildman–Crippen MR) is 84.1 cm³/mol. The van der Waals surface area contributed by atoms with Crippen LogP contribution in [-0.2, 0) is 0 Å². The lowest BCUT2D eigenvalue weighted by molar-refractivity contribution is 0.356. The van der Waals surface area contributed by atoms with Crippen LogP contribution in [0.1, 0.15) is 11.1 Å². The van der Waals surface area contributed by atoms with Gasteiger partial charge in [-0.05, 0) is 49.2 Å². The summed E-state index contributed by atoms with van der Waals surface area (Å²) in [5.74, 6) is 2.17. The highest BCUT2D eigenvalue weighted by atomic mass is 16.5. The van der Waals surface area contributed by atoms with E-state index in [1.165, 1.54) is 11.1 Å². The Morgan fingerprint density at radius 3 is 2.48 bits per heavy atom. The number of fused-ring (bicyclic) bond motifs is 1. The normalized spacial score (nSPS) is 10.9. The standard InChI is InChI=1S/C17H18N2O2/c1-10-8-13-14(9-11(10)2)19-17(18-13)12-6-5-7-15(20-3)16(12)21-4/h5-9H,1-4H3,(H,18,19). The zero-order chi connectivity index (χ0) is 15.0. The van der Waals surface area contributed by atoms with Gasteiger partial charge in [0, 0.05) is 0 Å². The number of aromatic nitrogens is 2. The molecule has 0 saturated heterocycles. The minimum absolute atomic E-state index is 0.688. The Kier molecular flexibility index (Phi) is 3.29. The number of hydrogen-bond acceptors (Lipinski definition) is 3. The van der Waals surface area contributed by atoms with Crippen molar-refractivity contribution in [2.45, 2.75) is 13.8 Å². The average molecular weight is 282 g/mol. The number of aromatic amines is 1. The van der Waals surface area contributed by atoms with Crippen LogP contribution in [0.5, 0.6) is 11.5 Å². The van der Waals surface area contributed by atoms with Gasteiger partial charge >= 0.3 is 0 Å². The van der Waals surface area contributed by atoms with E-state index in [2.05, 4.69) is 35.9 Å². The fourth-order valence-corrected chi connectivity index (χ4v) is 2.47. The van der Waals surface area contributed by atoms with E-state index in [0.717, 1.165) is 22.4 Å². The van der Waals surface area contributed by atoms with Crippen LogP contribution < -0.4 is 9.47 Å². The van der Waals surface area contributed by atoms with Crippen LogP contribution in [0.15, 0.2) is 30.3 Å². The number of methoxy groups -OCH3 is 2. The second-order valence-corrected chi connectivity index (χ2v) is 5.08. The van der Waals surface area contributed by atoms with Crippen LogP contribution in [0, 0.1) is 13.8 Å². The highest BCUT2D eigenvalue weighted by Gasteiger charge is 2.15. The second-order valence-electron chi connectivity index (χ2n) is 5.08. The molecule has 0 unspecified atom stereocenters. The summed E-state index contributed by atoms with van der Waals surface area (Å²) in [5, 5.41) is 0. The first-order chi connectivity index (χ1) is 10.1. The molecule has 0 spiro atoms. The second kappa shape index (κ2) is 5.13. The smallest absolute Gasteiger partial charge is 0.171 e. The van der Waals surface area contributed by atoms with Crippen molar-refractivity contribution in [1.82, 2.24) is 9.97 Å². The molecule has 0 aliphatic rings. The molecule has 1 N–H and O–H groups in total. The molecule has 0 aliphatic carbocycles. The molecule has 0 aliphatic heterocycles. The number of benzene rings is 2. The third-order valence-electron chi connectivity index (χ3n) is 3.76. The summed E-state index contributed by atoms with van der Waals surface area (Å²) in [7, 11) is 3.27. The van der Waals surface area contributed by atoms with Gasteiger partial charge in [0.05, 0.1) is 30.8 Å². The van der Waals surface area contributed by atoms with Crippen LogP contribution in [0.4, 0.5) is 0 Å². The largest absolute Gasteiger partial charge is 0.493 e. The Bertz CT molecular complexity index is 767. The van der Waals surface area contributed by atoms with E-state index in [9.17, 15) is 0 Å². The van der Waals surface area contributed by atoms with Crippen LogP contribution in [0.2, 0.25) is 0 Å². The molecule has 3 rings (SSSR count). The molecule has 4 heteroatoms. The number of nitrogens with zero attached hydrogens (tertiary/aromatic N) is 1. The lowest BCUT2D eigenvalue weighted by Crippen LogP contribution is -1.93. The van der Waals surface area contributed by atoms with E-state index in [1.54, 1.807) is 14.2 Å². The zero-order valence-electron chi connectivity index (χ0n) is 12.7. The molecule has 3 aromatic rings. The number of rotatable bonds is 3. The number of imidazole rings is 1. The van der Waals surface area contributed by atoms with Crippen molar-refractivity contribution in [3.05, 3.63) is 41.5 Å². The zero-order valence-corrected chi connectivity index (χ0v) is 12.7. The lowest BCUT2D eigenvalue weighted by atomic mass is 10.1. The maximum absolute atomic E-state index is 5.48. The van der Waals surface area contributed by atoms with Gasteiger partial charge < -0.3 is 14.5 Å². The van der Waals surface area contributed by atoms with E-state index >= 15 is 0 Å². The molecule has 0 amide bonds. The molecular formula is C17H18N2O2. The van der Waals surface area contributed by atoms with E-state index in [1.807, 2.05) is 18.2 Å². The van der Waals surface area contributed by atoms with Gasteiger partial charge in [-0.3, -0.25) is 0 Å². The van der Waals surface area contributed by atoms with Gasteiger partial charge in [0.15, 0.2) is 11.5 Å². The minimum atomic E-state index is 0.688. The predicted octanol–water partition coefficient (Wildman–Crippen LogP) is 3.86. The van der Waals surface area contributed by atoms with Gasteiger partial charge in [0.25, 0.3) is 0 Å². The fourth-order valence-electron chi connectivity index (χ4n) is 2.47. The Labute approximate surface area is 123 Å². The van der Waals surface area contributed by atoms with E-state index in [-0.39, 0.29) is 0 Å². The van der Waals surface area contributed by atoms with E-state index < -0.39 is 0 Å². The molecule has 2 aromatic carbocycles. The minimum Gasteiger partial charge on any atom is -0.493 e. The monoisotopic (exact) mass is 282 g/mol. The Morgan fingerprint density at radius 2 is 1.76 bits per heavy atom. The van der Waals surface area contributed by atoms with Crippen molar-refractivity contribution in [2.24, 2.45) is 0 Å². The highest BCUT2D eigenvalue weighted by Crippen LogP contribution is 2.37. The van der Waals surface area contributed by atoms with Crippen molar-refractivity contribution >= 4 is 11.0 Å². The van der Waals surface area contributed by atoms with Gasteiger partial charge in [0.1, 0.15) is 5.82 Å². The van der Waals surface area contributed by atoms with Crippen LogP contribution >= 0.6 is 0 Å². The molecule has 0 radical (unpaired) electrons. The Morgan fingerprint density at radius 1 is 1.00 bits per heavy atom. The summed E-state index contributed by atoms with van der Waals surface area (Å²) in [6, 6.07) is 9.99. The van der Waals surface area contributed by atoms with Crippen LogP contribution in [0.3, 0.4) is 0 Å². The molecule has 0 saturated carbocycles. The Balaban J connectivity index is 2.21. The number of para-hydroxylation sites is 1. The van der Waals surface area contributed by atoms with Gasteiger partial charge in [-0.2, -0.15) is 0 Å². The molecule has 1 heterocycles. The van der Waals surface area contributed by atoms with Gasteiger partial charge in [-0.1, -0.05) is 6.07 Å². The SMILES string of the molecule is COc1cccc(-c2nc3cc(C)c(C)cc3[nH]2)c1OC. The summed E-state index contributed by atoms with van der Waals surface area (Å²) in [4.78, 5) is 8.04. The highest BCUT2D eigenvalue weighted by molar-refractivity contribution is 5.82. The maximum Gasteiger partial charge on any atom is 0.171 e. The van der Waals surface area contributed by atoms with E-state index in [0.29, 0.717) is 11.5 Å². The summed E-state index contributed by atoms with van der Waals surface area (Å²) >= 11 is 0. The van der Waals surface area contributed by atoms with E-state index in [4.69, 9.17) is 9.47 Å². The fraction of sp³-hybridized carbons (Fsp3) is 0.235. The quantitative estimate of drug-likeness (QED) is 0.793.